The zero-order valence-corrected chi connectivity index (χ0v) is 41.8. The van der Waals surface area contributed by atoms with Crippen LogP contribution in [-0.4, -0.2) is 37.2 Å². The summed E-state index contributed by atoms with van der Waals surface area (Å²) < 4.78 is 16.8. The molecule has 0 rings (SSSR count). The molecular weight excluding hydrogens is 757 g/mol. The summed E-state index contributed by atoms with van der Waals surface area (Å²) in [4.78, 5) is 37.9. The van der Waals surface area contributed by atoms with Crippen LogP contribution in [0.15, 0.2) is 0 Å². The van der Waals surface area contributed by atoms with Crippen molar-refractivity contribution in [1.29, 1.82) is 0 Å². The van der Waals surface area contributed by atoms with E-state index in [0.717, 1.165) is 69.6 Å². The van der Waals surface area contributed by atoms with Crippen molar-refractivity contribution in [3.8, 4) is 0 Å². The molecule has 0 saturated carbocycles. The Morgan fingerprint density at radius 1 is 0.344 bits per heavy atom. The van der Waals surface area contributed by atoms with Crippen molar-refractivity contribution in [1.82, 2.24) is 0 Å². The topological polar surface area (TPSA) is 78.9 Å². The fourth-order valence-corrected chi connectivity index (χ4v) is 8.31. The van der Waals surface area contributed by atoms with Crippen molar-refractivity contribution in [3.05, 3.63) is 0 Å². The molecule has 0 heterocycles. The molecule has 0 aliphatic heterocycles. The number of unbranched alkanes of at least 4 members (excludes halogenated alkanes) is 33. The summed E-state index contributed by atoms with van der Waals surface area (Å²) in [6, 6.07) is 0. The summed E-state index contributed by atoms with van der Waals surface area (Å²) in [7, 11) is 0. The lowest BCUT2D eigenvalue weighted by molar-refractivity contribution is -0.167. The summed E-state index contributed by atoms with van der Waals surface area (Å²) in [6.45, 7) is 11.4. The summed E-state index contributed by atoms with van der Waals surface area (Å²) in [5.74, 6) is 0.893. The highest BCUT2D eigenvalue weighted by Gasteiger charge is 2.19. The van der Waals surface area contributed by atoms with E-state index in [1.807, 2.05) is 0 Å². The molecule has 0 aliphatic carbocycles. The lowest BCUT2D eigenvalue weighted by Crippen LogP contribution is -2.30. The number of ether oxygens (including phenoxy) is 3. The maximum Gasteiger partial charge on any atom is 0.306 e. The molecular formula is C55H106O6. The smallest absolute Gasteiger partial charge is 0.306 e. The summed E-state index contributed by atoms with van der Waals surface area (Å²) in [6.07, 6.45) is 49.6. The average molecular weight is 863 g/mol. The minimum atomic E-state index is -0.761. The van der Waals surface area contributed by atoms with Crippen LogP contribution in [0.2, 0.25) is 0 Å². The zero-order valence-electron chi connectivity index (χ0n) is 41.8. The van der Waals surface area contributed by atoms with E-state index in [0.29, 0.717) is 19.3 Å². The van der Waals surface area contributed by atoms with E-state index < -0.39 is 6.10 Å². The van der Waals surface area contributed by atoms with Gasteiger partial charge in [-0.3, -0.25) is 14.4 Å². The van der Waals surface area contributed by atoms with E-state index >= 15 is 0 Å². The molecule has 61 heavy (non-hydrogen) atoms. The van der Waals surface area contributed by atoms with Crippen molar-refractivity contribution in [2.75, 3.05) is 13.2 Å². The highest BCUT2D eigenvalue weighted by Crippen LogP contribution is 2.18. The van der Waals surface area contributed by atoms with Crippen LogP contribution in [0, 0.1) is 11.8 Å². The first kappa shape index (κ1) is 59.4. The quantitative estimate of drug-likeness (QED) is 0.0344. The Hall–Kier alpha value is -1.59. The number of carbonyl (C=O) groups is 3. The van der Waals surface area contributed by atoms with Crippen LogP contribution in [0.25, 0.3) is 0 Å². The monoisotopic (exact) mass is 863 g/mol. The maximum absolute atomic E-state index is 12.8. The van der Waals surface area contributed by atoms with Crippen molar-refractivity contribution in [3.63, 3.8) is 0 Å². The number of hydrogen-bond acceptors (Lipinski definition) is 6. The van der Waals surface area contributed by atoms with Crippen LogP contribution in [-0.2, 0) is 28.6 Å². The minimum Gasteiger partial charge on any atom is -0.462 e. The molecule has 6 nitrogen and oxygen atoms in total. The molecule has 0 fully saturated rings. The first-order valence-corrected chi connectivity index (χ1v) is 27.3. The van der Waals surface area contributed by atoms with Gasteiger partial charge in [0.1, 0.15) is 13.2 Å². The van der Waals surface area contributed by atoms with Gasteiger partial charge in [0, 0.05) is 19.3 Å². The van der Waals surface area contributed by atoms with Crippen LogP contribution in [0.5, 0.6) is 0 Å². The second-order valence-electron chi connectivity index (χ2n) is 19.6. The highest BCUT2D eigenvalue weighted by atomic mass is 16.6. The van der Waals surface area contributed by atoms with Gasteiger partial charge in [0.05, 0.1) is 0 Å². The molecule has 0 radical (unpaired) electrons. The molecule has 1 unspecified atom stereocenters. The summed E-state index contributed by atoms with van der Waals surface area (Å²) in [5.41, 5.74) is 0. The molecule has 6 heteroatoms. The van der Waals surface area contributed by atoms with Crippen molar-refractivity contribution in [2.24, 2.45) is 11.8 Å². The lowest BCUT2D eigenvalue weighted by atomic mass is 9.99. The molecule has 362 valence electrons. The van der Waals surface area contributed by atoms with E-state index in [1.165, 1.54) is 193 Å². The van der Waals surface area contributed by atoms with Gasteiger partial charge in [0.2, 0.25) is 0 Å². The standard InChI is InChI=1S/C55H106O6/c1-6-8-9-10-28-35-40-45-53(56)59-48-52(61-55(58)47-42-37-32-27-23-19-13-11-12-16-20-24-29-33-38-43-50(3)4)49-60-54(57)46-41-36-31-26-22-18-15-14-17-21-25-30-34-39-44-51(5)7-2/h50-52H,6-49H2,1-5H3/t51?,52-/m1/s1. The molecule has 0 aromatic rings. The number of carbonyl (C=O) groups excluding carboxylic acids is 3. The molecule has 0 bridgehead atoms. The Morgan fingerprint density at radius 2 is 0.623 bits per heavy atom. The zero-order chi connectivity index (χ0) is 44.7. The molecule has 0 aliphatic rings. The molecule has 0 N–H and O–H groups in total. The van der Waals surface area contributed by atoms with E-state index in [9.17, 15) is 14.4 Å². The van der Waals surface area contributed by atoms with E-state index in [2.05, 4.69) is 34.6 Å². The van der Waals surface area contributed by atoms with Crippen LogP contribution < -0.4 is 0 Å². The van der Waals surface area contributed by atoms with Crippen molar-refractivity contribution < 1.29 is 28.6 Å². The van der Waals surface area contributed by atoms with Gasteiger partial charge in [-0.2, -0.15) is 0 Å². The van der Waals surface area contributed by atoms with E-state index in [4.69, 9.17) is 14.2 Å². The Morgan fingerprint density at radius 3 is 0.934 bits per heavy atom. The third kappa shape index (κ3) is 47.7. The summed E-state index contributed by atoms with van der Waals surface area (Å²) in [5, 5.41) is 0. The van der Waals surface area contributed by atoms with Gasteiger partial charge in [0.25, 0.3) is 0 Å². The summed E-state index contributed by atoms with van der Waals surface area (Å²) >= 11 is 0. The second-order valence-corrected chi connectivity index (χ2v) is 19.6. The molecule has 0 aromatic heterocycles. The first-order chi connectivity index (χ1) is 29.8. The van der Waals surface area contributed by atoms with Crippen LogP contribution >= 0.6 is 0 Å². The van der Waals surface area contributed by atoms with Crippen molar-refractivity contribution >= 4 is 17.9 Å². The van der Waals surface area contributed by atoms with Gasteiger partial charge in [-0.15, -0.1) is 0 Å². The minimum absolute atomic E-state index is 0.0635. The Kier molecular flexibility index (Phi) is 46.6. The van der Waals surface area contributed by atoms with Crippen LogP contribution in [0.1, 0.15) is 304 Å². The van der Waals surface area contributed by atoms with E-state index in [-0.39, 0.29) is 31.1 Å². The Labute approximate surface area is 380 Å². The SMILES string of the molecule is CCCCCCCCCC(=O)OC[C@H](COC(=O)CCCCCCCCCCCCCCCCC(C)CC)OC(=O)CCCCCCCCCCCCCCCCCC(C)C. The van der Waals surface area contributed by atoms with Gasteiger partial charge >= 0.3 is 17.9 Å². The van der Waals surface area contributed by atoms with Gasteiger partial charge in [0.15, 0.2) is 6.10 Å². The number of rotatable bonds is 49. The fraction of sp³-hybridized carbons (Fsp3) is 0.945. The predicted octanol–water partition coefficient (Wildman–Crippen LogP) is 17.7. The molecule has 0 spiro atoms. The molecule has 0 saturated heterocycles. The van der Waals surface area contributed by atoms with Crippen molar-refractivity contribution in [2.45, 2.75) is 310 Å². The molecule has 0 amide bonds. The van der Waals surface area contributed by atoms with Crippen LogP contribution in [0.3, 0.4) is 0 Å². The predicted molar refractivity (Wildman–Crippen MR) is 261 cm³/mol. The van der Waals surface area contributed by atoms with Gasteiger partial charge in [-0.05, 0) is 31.1 Å². The third-order valence-corrected chi connectivity index (χ3v) is 12.8. The second kappa shape index (κ2) is 47.9. The third-order valence-electron chi connectivity index (χ3n) is 12.8. The van der Waals surface area contributed by atoms with E-state index in [1.54, 1.807) is 0 Å². The normalized spacial score (nSPS) is 12.5. The Bertz CT molecular complexity index is 933. The fourth-order valence-electron chi connectivity index (χ4n) is 8.31. The largest absolute Gasteiger partial charge is 0.462 e. The lowest BCUT2D eigenvalue weighted by Gasteiger charge is -2.18. The Balaban J connectivity index is 4.17. The van der Waals surface area contributed by atoms with Gasteiger partial charge in [-0.25, -0.2) is 0 Å². The first-order valence-electron chi connectivity index (χ1n) is 27.3. The van der Waals surface area contributed by atoms with Gasteiger partial charge < -0.3 is 14.2 Å². The molecule has 2 atom stereocenters. The maximum atomic E-state index is 12.8. The number of esters is 3. The van der Waals surface area contributed by atoms with Gasteiger partial charge in [-0.1, -0.05) is 266 Å². The van der Waals surface area contributed by atoms with Crippen LogP contribution in [0.4, 0.5) is 0 Å². The molecule has 0 aromatic carbocycles. The average Bonchev–Trinajstić information content (AvgIpc) is 3.24. The number of hydrogen-bond donors (Lipinski definition) is 0. The highest BCUT2D eigenvalue weighted by molar-refractivity contribution is 5.71.